The Morgan fingerprint density at radius 3 is 2.81 bits per heavy atom. The Morgan fingerprint density at radius 2 is 2.25 bits per heavy atom. The summed E-state index contributed by atoms with van der Waals surface area (Å²) in [6, 6.07) is 5.19. The molecule has 0 spiro atoms. The molecule has 0 aromatic heterocycles. The van der Waals surface area contributed by atoms with Crippen molar-refractivity contribution >= 4 is 23.4 Å². The summed E-state index contributed by atoms with van der Waals surface area (Å²) in [6.45, 7) is 2.96. The van der Waals surface area contributed by atoms with E-state index in [9.17, 15) is 4.39 Å². The van der Waals surface area contributed by atoms with Crippen LogP contribution in [0.4, 0.5) is 4.39 Å². The lowest BCUT2D eigenvalue weighted by Gasteiger charge is -2.17. The molecule has 1 rings (SSSR count). The number of nitrogens with one attached hydrogen (secondary N) is 1. The molecule has 1 atom stereocenters. The average molecular weight is 262 g/mol. The molecule has 1 aromatic carbocycles. The van der Waals surface area contributed by atoms with E-state index in [0.717, 1.165) is 17.9 Å². The number of rotatable bonds is 6. The lowest BCUT2D eigenvalue weighted by Crippen LogP contribution is -2.33. The molecule has 4 heteroatoms. The number of hydrogen-bond acceptors (Lipinski definition) is 2. The molecule has 1 aromatic rings. The summed E-state index contributed by atoms with van der Waals surface area (Å²) < 4.78 is 13.6. The first kappa shape index (κ1) is 13.8. The summed E-state index contributed by atoms with van der Waals surface area (Å²) in [5.41, 5.74) is 0.726. The van der Waals surface area contributed by atoms with Gasteiger partial charge < -0.3 is 5.32 Å². The van der Waals surface area contributed by atoms with Crippen LogP contribution in [-0.4, -0.2) is 24.6 Å². The molecule has 1 nitrogen and oxygen atoms in total. The molecular weight excluding hydrogens is 245 g/mol. The zero-order chi connectivity index (χ0) is 12.0. The van der Waals surface area contributed by atoms with E-state index in [4.69, 9.17) is 11.6 Å². The van der Waals surface area contributed by atoms with E-state index in [-0.39, 0.29) is 5.82 Å². The van der Waals surface area contributed by atoms with Gasteiger partial charge in [0.05, 0.1) is 0 Å². The fourth-order valence-corrected chi connectivity index (χ4v) is 2.43. The minimum absolute atomic E-state index is 0.212. The van der Waals surface area contributed by atoms with Crippen molar-refractivity contribution in [2.24, 2.45) is 0 Å². The predicted octanol–water partition coefficient (Wildman–Crippen LogP) is 3.36. The summed E-state index contributed by atoms with van der Waals surface area (Å²) in [4.78, 5) is 0. The largest absolute Gasteiger partial charge is 0.313 e. The maximum absolute atomic E-state index is 13.6. The summed E-state index contributed by atoms with van der Waals surface area (Å²) >= 11 is 7.48. The summed E-state index contributed by atoms with van der Waals surface area (Å²) in [5, 5.41) is 3.80. The molecule has 0 aliphatic carbocycles. The van der Waals surface area contributed by atoms with Crippen LogP contribution in [0.3, 0.4) is 0 Å². The topological polar surface area (TPSA) is 12.0 Å². The SMILES string of the molecule is CCNC(CSC)Cc1ccc(Cl)cc1F. The third-order valence-corrected chi connectivity index (χ3v) is 3.31. The van der Waals surface area contributed by atoms with Crippen LogP contribution in [0.5, 0.6) is 0 Å². The van der Waals surface area contributed by atoms with Crippen molar-refractivity contribution in [3.05, 3.63) is 34.6 Å². The number of likely N-dealkylation sites (N-methyl/N-ethyl adjacent to an activating group) is 1. The molecule has 0 amide bonds. The van der Waals surface area contributed by atoms with Gasteiger partial charge in [0.15, 0.2) is 0 Å². The third-order valence-electron chi connectivity index (χ3n) is 2.34. The maximum atomic E-state index is 13.6. The molecule has 0 heterocycles. The second-order valence-corrected chi connectivity index (χ2v) is 5.00. The molecule has 1 N–H and O–H groups in total. The first-order chi connectivity index (χ1) is 7.67. The van der Waals surface area contributed by atoms with Crippen LogP contribution in [0, 0.1) is 5.82 Å². The molecule has 0 radical (unpaired) electrons. The Kier molecular flexibility index (Phi) is 6.17. The van der Waals surface area contributed by atoms with Crippen LogP contribution >= 0.6 is 23.4 Å². The van der Waals surface area contributed by atoms with Gasteiger partial charge in [0.25, 0.3) is 0 Å². The third kappa shape index (κ3) is 4.32. The van der Waals surface area contributed by atoms with Gasteiger partial charge >= 0.3 is 0 Å². The lowest BCUT2D eigenvalue weighted by molar-refractivity contribution is 0.545. The molecule has 0 saturated carbocycles. The van der Waals surface area contributed by atoms with Crippen molar-refractivity contribution in [2.45, 2.75) is 19.4 Å². The first-order valence-corrected chi connectivity index (χ1v) is 7.10. The van der Waals surface area contributed by atoms with Gasteiger partial charge in [-0.15, -0.1) is 0 Å². The Hall–Kier alpha value is -0.250. The summed E-state index contributed by atoms with van der Waals surface area (Å²) in [7, 11) is 0. The highest BCUT2D eigenvalue weighted by Crippen LogP contribution is 2.16. The highest BCUT2D eigenvalue weighted by atomic mass is 35.5. The molecule has 0 bridgehead atoms. The zero-order valence-corrected chi connectivity index (χ0v) is 11.2. The second-order valence-electron chi connectivity index (χ2n) is 3.65. The fourth-order valence-electron chi connectivity index (χ4n) is 1.63. The van der Waals surface area contributed by atoms with Crippen LogP contribution in [0.25, 0.3) is 0 Å². The minimum Gasteiger partial charge on any atom is -0.313 e. The van der Waals surface area contributed by atoms with E-state index in [1.165, 1.54) is 6.07 Å². The highest BCUT2D eigenvalue weighted by molar-refractivity contribution is 7.98. The highest BCUT2D eigenvalue weighted by Gasteiger charge is 2.11. The Morgan fingerprint density at radius 1 is 1.50 bits per heavy atom. The van der Waals surface area contributed by atoms with E-state index in [2.05, 4.69) is 18.5 Å². The molecule has 0 fully saturated rings. The van der Waals surface area contributed by atoms with Crippen LogP contribution in [0.1, 0.15) is 12.5 Å². The fraction of sp³-hybridized carbons (Fsp3) is 0.500. The first-order valence-electron chi connectivity index (χ1n) is 5.33. The zero-order valence-electron chi connectivity index (χ0n) is 9.59. The van der Waals surface area contributed by atoms with E-state index >= 15 is 0 Å². The van der Waals surface area contributed by atoms with Crippen LogP contribution in [0.2, 0.25) is 5.02 Å². The van der Waals surface area contributed by atoms with Gasteiger partial charge in [0, 0.05) is 16.8 Å². The molecular formula is C12H17ClFNS. The van der Waals surface area contributed by atoms with Gasteiger partial charge in [-0.05, 0) is 36.9 Å². The molecule has 1 unspecified atom stereocenters. The van der Waals surface area contributed by atoms with Crippen LogP contribution < -0.4 is 5.32 Å². The number of thioether (sulfide) groups is 1. The smallest absolute Gasteiger partial charge is 0.127 e. The minimum atomic E-state index is -0.212. The Balaban J connectivity index is 2.68. The van der Waals surface area contributed by atoms with Gasteiger partial charge in [-0.2, -0.15) is 11.8 Å². The van der Waals surface area contributed by atoms with Crippen molar-refractivity contribution < 1.29 is 4.39 Å². The van der Waals surface area contributed by atoms with E-state index in [1.807, 2.05) is 0 Å². The number of benzene rings is 1. The quantitative estimate of drug-likeness (QED) is 0.843. The van der Waals surface area contributed by atoms with Crippen molar-refractivity contribution in [3.63, 3.8) is 0 Å². The Bertz CT molecular complexity index is 327. The van der Waals surface area contributed by atoms with E-state index in [0.29, 0.717) is 17.5 Å². The van der Waals surface area contributed by atoms with Gasteiger partial charge in [-0.25, -0.2) is 4.39 Å². The molecule has 16 heavy (non-hydrogen) atoms. The van der Waals surface area contributed by atoms with E-state index < -0.39 is 0 Å². The predicted molar refractivity (Wildman–Crippen MR) is 71.0 cm³/mol. The maximum Gasteiger partial charge on any atom is 0.127 e. The Labute approximate surface area is 106 Å². The van der Waals surface area contributed by atoms with Gasteiger partial charge in [-0.3, -0.25) is 0 Å². The van der Waals surface area contributed by atoms with Gasteiger partial charge in [0.1, 0.15) is 5.82 Å². The summed E-state index contributed by atoms with van der Waals surface area (Å²) in [6.07, 6.45) is 2.76. The summed E-state index contributed by atoms with van der Waals surface area (Å²) in [5.74, 6) is 0.770. The number of halogens is 2. The van der Waals surface area contributed by atoms with Gasteiger partial charge in [-0.1, -0.05) is 24.6 Å². The molecule has 90 valence electrons. The van der Waals surface area contributed by atoms with E-state index in [1.54, 1.807) is 23.9 Å². The van der Waals surface area contributed by atoms with Crippen molar-refractivity contribution in [3.8, 4) is 0 Å². The second kappa shape index (κ2) is 7.15. The lowest BCUT2D eigenvalue weighted by atomic mass is 10.1. The average Bonchev–Trinajstić information content (AvgIpc) is 2.23. The van der Waals surface area contributed by atoms with Crippen LogP contribution in [0.15, 0.2) is 18.2 Å². The normalized spacial score (nSPS) is 12.8. The number of hydrogen-bond donors (Lipinski definition) is 1. The van der Waals surface area contributed by atoms with Crippen LogP contribution in [-0.2, 0) is 6.42 Å². The molecule has 0 saturated heterocycles. The van der Waals surface area contributed by atoms with Gasteiger partial charge in [0.2, 0.25) is 0 Å². The molecule has 0 aliphatic heterocycles. The monoisotopic (exact) mass is 261 g/mol. The van der Waals surface area contributed by atoms with Crippen molar-refractivity contribution in [1.82, 2.24) is 5.32 Å². The molecule has 0 aliphatic rings. The standard InChI is InChI=1S/C12H17ClFNS/c1-3-15-11(8-16-2)6-9-4-5-10(13)7-12(9)14/h4-5,7,11,15H,3,6,8H2,1-2H3. The van der Waals surface area contributed by atoms with Crippen molar-refractivity contribution in [2.75, 3.05) is 18.6 Å². The van der Waals surface area contributed by atoms with Crippen molar-refractivity contribution in [1.29, 1.82) is 0 Å².